The second-order valence-corrected chi connectivity index (χ2v) is 16.7. The van der Waals surface area contributed by atoms with Gasteiger partial charge in [0.2, 0.25) is 6.69 Å². The summed E-state index contributed by atoms with van der Waals surface area (Å²) in [4.78, 5) is 0. The Kier molecular flexibility index (Phi) is 7.93. The maximum atomic E-state index is 13.7. The Balaban J connectivity index is 7.15. The van der Waals surface area contributed by atoms with Gasteiger partial charge in [-0.2, -0.15) is 83.4 Å². The Morgan fingerprint density at radius 3 is 0.686 bits per heavy atom. The number of hydrogen-bond donors (Lipinski definition) is 0. The molecule has 0 aliphatic heterocycles. The molecule has 0 unspecified atom stereocenters. The van der Waals surface area contributed by atoms with Crippen LogP contribution in [0.3, 0.4) is 0 Å². The van der Waals surface area contributed by atoms with E-state index in [4.69, 9.17) is 0 Å². The lowest BCUT2D eigenvalue weighted by atomic mass is 9.87. The zero-order valence-electron chi connectivity index (χ0n) is 15.8. The van der Waals surface area contributed by atoms with E-state index in [9.17, 15) is 92.2 Å². The summed E-state index contributed by atoms with van der Waals surface area (Å²) in [5, 5.41) is 0. The van der Waals surface area contributed by atoms with E-state index in [1.165, 1.54) is 0 Å². The topological polar surface area (TPSA) is 0 Å². The average Bonchev–Trinajstić information content (AvgIpc) is 2.58. The Bertz CT molecular complexity index is 723. The first-order valence-corrected chi connectivity index (χ1v) is 12.9. The summed E-state index contributed by atoms with van der Waals surface area (Å²) in [6, 6.07) is 0. The van der Waals surface area contributed by atoms with E-state index in [0.29, 0.717) is 0 Å². The van der Waals surface area contributed by atoms with Crippen LogP contribution in [-0.4, -0.2) is 65.8 Å². The molecule has 0 aromatic rings. The Labute approximate surface area is 187 Å². The van der Waals surface area contributed by atoms with Crippen LogP contribution in [0.5, 0.6) is 0 Å². The van der Waals surface area contributed by atoms with Crippen molar-refractivity contribution in [3.63, 3.8) is 0 Å². The van der Waals surface area contributed by atoms with Gasteiger partial charge in [0, 0.05) is 0 Å². The van der Waals surface area contributed by atoms with Gasteiger partial charge >= 0.3 is 59.1 Å². The lowest BCUT2D eigenvalue weighted by molar-refractivity contribution is -0.472. The SMILES string of the molecule is C[Si](C)(Br)C(F)(F)C(F)(F)C(F)(F)C(F)(F)C(F)(F)C(F)(F)C(F)(F)C(F)(F)C(F)(F)C(F)(F)F. The lowest BCUT2D eigenvalue weighted by Gasteiger charge is -2.45. The van der Waals surface area contributed by atoms with Gasteiger partial charge < -0.3 is 0 Å². The van der Waals surface area contributed by atoms with Gasteiger partial charge in [0.15, 0.2) is 0 Å². The van der Waals surface area contributed by atoms with E-state index >= 15 is 0 Å². The molecule has 0 aliphatic rings. The Hall–Kier alpha value is -0.773. The van der Waals surface area contributed by atoms with Crippen molar-refractivity contribution in [2.45, 2.75) is 72.2 Å². The van der Waals surface area contributed by atoms with Gasteiger partial charge in [-0.3, -0.25) is 0 Å². The summed E-state index contributed by atoms with van der Waals surface area (Å²) in [5.74, 6) is -69.9. The highest BCUT2D eigenvalue weighted by molar-refractivity contribution is 9.26. The number of rotatable bonds is 9. The van der Waals surface area contributed by atoms with Gasteiger partial charge in [0.1, 0.15) is 0 Å². The van der Waals surface area contributed by atoms with Crippen molar-refractivity contribution in [3.05, 3.63) is 0 Å². The highest BCUT2D eigenvalue weighted by atomic mass is 79.9. The van der Waals surface area contributed by atoms with E-state index in [-0.39, 0.29) is 13.1 Å². The molecule has 0 rings (SSSR count). The molecule has 0 aromatic heterocycles. The molecule has 0 fully saturated rings. The summed E-state index contributed by atoms with van der Waals surface area (Å²) >= 11 is 1.67. The third kappa shape index (κ3) is 4.07. The van der Waals surface area contributed by atoms with Crippen molar-refractivity contribution in [1.29, 1.82) is 0 Å². The van der Waals surface area contributed by atoms with Crippen LogP contribution in [0.2, 0.25) is 13.1 Å². The van der Waals surface area contributed by atoms with Crippen LogP contribution in [0.1, 0.15) is 0 Å². The minimum Gasteiger partial charge on any atom is -0.204 e. The van der Waals surface area contributed by atoms with Crippen LogP contribution in [0.15, 0.2) is 0 Å². The number of hydrogen-bond acceptors (Lipinski definition) is 0. The second kappa shape index (κ2) is 8.11. The standard InChI is InChI=1S/C12H6BrF21Si/c1-35(2,13)12(33,34)10(28,29)8(24,25)6(20,21)4(16,17)3(14,15)5(18,19)7(22,23)9(26,27)11(30,31)32/h1-2H3. The van der Waals surface area contributed by atoms with Gasteiger partial charge in [-0.25, -0.2) is 8.78 Å². The number of halogens is 22. The Morgan fingerprint density at radius 2 is 0.514 bits per heavy atom. The molecule has 0 aliphatic carbocycles. The van der Waals surface area contributed by atoms with Crippen LogP contribution in [0.25, 0.3) is 0 Å². The number of alkyl halides is 21. The molecular weight excluding hydrogens is 651 g/mol. The fourth-order valence-electron chi connectivity index (χ4n) is 1.93. The minimum absolute atomic E-state index is 0.0736. The molecule has 0 nitrogen and oxygen atoms in total. The highest BCUT2D eigenvalue weighted by Crippen LogP contribution is 2.66. The molecule has 0 N–H and O–H groups in total. The van der Waals surface area contributed by atoms with Crippen LogP contribution in [-0.2, 0) is 0 Å². The lowest BCUT2D eigenvalue weighted by Crippen LogP contribution is -2.77. The second-order valence-electron chi connectivity index (χ2n) is 7.14. The van der Waals surface area contributed by atoms with E-state index < -0.39 is 65.8 Å². The minimum atomic E-state index is -9.14. The molecule has 0 radical (unpaired) electrons. The van der Waals surface area contributed by atoms with Crippen LogP contribution in [0, 0.1) is 0 Å². The van der Waals surface area contributed by atoms with Gasteiger partial charge in [-0.15, -0.1) is 15.3 Å². The van der Waals surface area contributed by atoms with E-state index in [2.05, 4.69) is 0 Å². The molecule has 23 heteroatoms. The molecule has 0 spiro atoms. The molecule has 0 saturated heterocycles. The van der Waals surface area contributed by atoms with Crippen molar-refractivity contribution in [2.75, 3.05) is 0 Å². The molecule has 212 valence electrons. The van der Waals surface area contributed by atoms with Gasteiger partial charge in [-0.1, -0.05) is 13.1 Å². The maximum absolute atomic E-state index is 13.7. The van der Waals surface area contributed by atoms with Crippen LogP contribution in [0.4, 0.5) is 92.2 Å². The van der Waals surface area contributed by atoms with E-state index in [1.807, 2.05) is 0 Å². The third-order valence-electron chi connectivity index (χ3n) is 4.26. The smallest absolute Gasteiger partial charge is 0.204 e. The summed E-state index contributed by atoms with van der Waals surface area (Å²) in [5.41, 5.74) is -6.53. The predicted octanol–water partition coefficient (Wildman–Crippen LogP) is 8.41. The highest BCUT2D eigenvalue weighted by Gasteiger charge is 2.98. The summed E-state index contributed by atoms with van der Waals surface area (Å²) < 4.78 is 276. The first-order chi connectivity index (χ1) is 14.5. The average molecular weight is 657 g/mol. The zero-order chi connectivity index (χ0) is 29.5. The molecule has 35 heavy (non-hydrogen) atoms. The van der Waals surface area contributed by atoms with E-state index in [1.54, 1.807) is 15.3 Å². The van der Waals surface area contributed by atoms with Crippen LogP contribution >= 0.6 is 15.3 Å². The largest absolute Gasteiger partial charge is 0.460 e. The van der Waals surface area contributed by atoms with Crippen molar-refractivity contribution >= 4 is 22.0 Å². The third-order valence-corrected chi connectivity index (χ3v) is 7.56. The molecule has 0 aromatic carbocycles. The first kappa shape index (κ1) is 34.2. The fraction of sp³-hybridized carbons (Fsp3) is 1.00. The molecule has 0 heterocycles. The van der Waals surface area contributed by atoms with Crippen molar-refractivity contribution < 1.29 is 92.2 Å². The molecule has 0 bridgehead atoms. The van der Waals surface area contributed by atoms with Crippen molar-refractivity contribution in [1.82, 2.24) is 0 Å². The summed E-state index contributed by atoms with van der Waals surface area (Å²) in [7, 11) is 0. The zero-order valence-corrected chi connectivity index (χ0v) is 18.4. The fourth-order valence-corrected chi connectivity index (χ4v) is 3.58. The van der Waals surface area contributed by atoms with E-state index in [0.717, 1.165) is 0 Å². The van der Waals surface area contributed by atoms with Gasteiger partial charge in [-0.05, 0) is 0 Å². The summed E-state index contributed by atoms with van der Waals surface area (Å²) in [6.07, 6.45) is -7.99. The quantitative estimate of drug-likeness (QED) is 0.133. The van der Waals surface area contributed by atoms with Crippen molar-refractivity contribution in [2.24, 2.45) is 0 Å². The molecule has 0 atom stereocenters. The monoisotopic (exact) mass is 656 g/mol. The van der Waals surface area contributed by atoms with Crippen LogP contribution < -0.4 is 0 Å². The molecule has 0 saturated carbocycles. The van der Waals surface area contributed by atoms with Gasteiger partial charge in [0.25, 0.3) is 0 Å². The normalized spacial score (nSPS) is 17.1. The maximum Gasteiger partial charge on any atom is 0.460 e. The van der Waals surface area contributed by atoms with Gasteiger partial charge in [0.05, 0.1) is 0 Å². The molecule has 0 amide bonds. The Morgan fingerprint density at radius 1 is 0.343 bits per heavy atom. The predicted molar refractivity (Wildman–Crippen MR) is 77.0 cm³/mol. The first-order valence-electron chi connectivity index (χ1n) is 7.66. The van der Waals surface area contributed by atoms with Crippen molar-refractivity contribution in [3.8, 4) is 0 Å². The summed E-state index contributed by atoms with van der Waals surface area (Å²) in [6.45, 7) is -5.58. The molecular formula is C12H6BrF21Si.